The minimum Gasteiger partial charge on any atom is -0.394 e. The SMILES string of the molecule is Cc1cccc(C)c1CC1(CO)CCCN1. The van der Waals surface area contributed by atoms with Gasteiger partial charge in [0.1, 0.15) is 0 Å². The Morgan fingerprint density at radius 1 is 1.31 bits per heavy atom. The Hall–Kier alpha value is -0.860. The van der Waals surface area contributed by atoms with Crippen LogP contribution in [0.1, 0.15) is 29.5 Å². The summed E-state index contributed by atoms with van der Waals surface area (Å²) in [5.41, 5.74) is 3.99. The average Bonchev–Trinajstić information content (AvgIpc) is 2.73. The van der Waals surface area contributed by atoms with Crippen molar-refractivity contribution < 1.29 is 5.11 Å². The number of rotatable bonds is 3. The fourth-order valence-electron chi connectivity index (χ4n) is 2.68. The molecule has 2 N–H and O–H groups in total. The van der Waals surface area contributed by atoms with E-state index in [2.05, 4.69) is 37.4 Å². The zero-order valence-corrected chi connectivity index (χ0v) is 10.2. The van der Waals surface area contributed by atoms with Crippen LogP contribution < -0.4 is 5.32 Å². The van der Waals surface area contributed by atoms with Gasteiger partial charge in [-0.1, -0.05) is 18.2 Å². The van der Waals surface area contributed by atoms with Gasteiger partial charge in [-0.3, -0.25) is 0 Å². The molecule has 1 unspecified atom stereocenters. The Balaban J connectivity index is 2.25. The van der Waals surface area contributed by atoms with Crippen LogP contribution in [0.2, 0.25) is 0 Å². The van der Waals surface area contributed by atoms with Crippen molar-refractivity contribution in [3.63, 3.8) is 0 Å². The summed E-state index contributed by atoms with van der Waals surface area (Å²) in [5.74, 6) is 0. The van der Waals surface area contributed by atoms with Crippen LogP contribution in [0.3, 0.4) is 0 Å². The second-order valence-electron chi connectivity index (χ2n) is 5.02. The monoisotopic (exact) mass is 219 g/mol. The summed E-state index contributed by atoms with van der Waals surface area (Å²) in [5, 5.41) is 13.1. The molecule has 1 fully saturated rings. The van der Waals surface area contributed by atoms with Gasteiger partial charge in [0, 0.05) is 5.54 Å². The zero-order chi connectivity index (χ0) is 11.6. The van der Waals surface area contributed by atoms with Crippen molar-refractivity contribution in [3.8, 4) is 0 Å². The van der Waals surface area contributed by atoms with Crippen LogP contribution in [-0.4, -0.2) is 23.8 Å². The molecule has 0 amide bonds. The smallest absolute Gasteiger partial charge is 0.0616 e. The second kappa shape index (κ2) is 4.56. The summed E-state index contributed by atoms with van der Waals surface area (Å²) in [7, 11) is 0. The average molecular weight is 219 g/mol. The molecular formula is C14H21NO. The summed E-state index contributed by atoms with van der Waals surface area (Å²) in [6.45, 7) is 5.58. The van der Waals surface area contributed by atoms with E-state index >= 15 is 0 Å². The van der Waals surface area contributed by atoms with Gasteiger partial charge in [0.2, 0.25) is 0 Å². The van der Waals surface area contributed by atoms with Crippen molar-refractivity contribution in [2.24, 2.45) is 0 Å². The van der Waals surface area contributed by atoms with Crippen molar-refractivity contribution in [1.82, 2.24) is 5.32 Å². The number of hydrogen-bond donors (Lipinski definition) is 2. The molecule has 2 heteroatoms. The van der Waals surface area contributed by atoms with Crippen LogP contribution in [0, 0.1) is 13.8 Å². The molecule has 0 radical (unpaired) electrons. The Morgan fingerprint density at radius 2 is 2.00 bits per heavy atom. The van der Waals surface area contributed by atoms with Crippen LogP contribution in [0.5, 0.6) is 0 Å². The molecule has 0 saturated carbocycles. The number of aliphatic hydroxyl groups is 1. The molecule has 1 aliphatic rings. The molecule has 1 heterocycles. The number of aliphatic hydroxyl groups excluding tert-OH is 1. The van der Waals surface area contributed by atoms with Gasteiger partial charge in [-0.15, -0.1) is 0 Å². The molecule has 1 aromatic carbocycles. The van der Waals surface area contributed by atoms with Crippen molar-refractivity contribution >= 4 is 0 Å². The molecular weight excluding hydrogens is 198 g/mol. The van der Waals surface area contributed by atoms with Crippen molar-refractivity contribution in [3.05, 3.63) is 34.9 Å². The van der Waals surface area contributed by atoms with E-state index in [0.717, 1.165) is 19.4 Å². The summed E-state index contributed by atoms with van der Waals surface area (Å²) in [6, 6.07) is 6.41. The summed E-state index contributed by atoms with van der Waals surface area (Å²) >= 11 is 0. The lowest BCUT2D eigenvalue weighted by Gasteiger charge is -2.28. The molecule has 2 rings (SSSR count). The normalized spacial score (nSPS) is 24.9. The fourth-order valence-corrected chi connectivity index (χ4v) is 2.68. The molecule has 1 aromatic rings. The third-order valence-corrected chi connectivity index (χ3v) is 3.79. The van der Waals surface area contributed by atoms with E-state index < -0.39 is 0 Å². The molecule has 0 aliphatic carbocycles. The van der Waals surface area contributed by atoms with E-state index in [9.17, 15) is 5.11 Å². The summed E-state index contributed by atoms with van der Waals surface area (Å²) < 4.78 is 0. The predicted octanol–water partition coefficient (Wildman–Crippen LogP) is 1.96. The Morgan fingerprint density at radius 3 is 2.50 bits per heavy atom. The highest BCUT2D eigenvalue weighted by Gasteiger charge is 2.33. The topological polar surface area (TPSA) is 32.3 Å². The molecule has 16 heavy (non-hydrogen) atoms. The van der Waals surface area contributed by atoms with Gasteiger partial charge >= 0.3 is 0 Å². The molecule has 1 aliphatic heterocycles. The first-order valence-electron chi connectivity index (χ1n) is 6.08. The van der Waals surface area contributed by atoms with E-state index in [1.807, 2.05) is 0 Å². The van der Waals surface area contributed by atoms with Gasteiger partial charge < -0.3 is 10.4 Å². The van der Waals surface area contributed by atoms with Gasteiger partial charge in [-0.25, -0.2) is 0 Å². The van der Waals surface area contributed by atoms with Gasteiger partial charge in [-0.05, 0) is 56.3 Å². The van der Waals surface area contributed by atoms with Crippen molar-refractivity contribution in [1.29, 1.82) is 0 Å². The molecule has 2 nitrogen and oxygen atoms in total. The molecule has 88 valence electrons. The van der Waals surface area contributed by atoms with E-state index in [-0.39, 0.29) is 12.1 Å². The van der Waals surface area contributed by atoms with E-state index in [1.165, 1.54) is 23.1 Å². The standard InChI is InChI=1S/C14H21NO/c1-11-5-3-6-12(2)13(11)9-14(10-16)7-4-8-15-14/h3,5-6,15-16H,4,7-10H2,1-2H3. The predicted molar refractivity (Wildman–Crippen MR) is 66.7 cm³/mol. The van der Waals surface area contributed by atoms with Crippen LogP contribution in [0.4, 0.5) is 0 Å². The molecule has 0 aromatic heterocycles. The Kier molecular flexibility index (Phi) is 3.31. The van der Waals surface area contributed by atoms with E-state index in [0.29, 0.717) is 0 Å². The highest BCUT2D eigenvalue weighted by Crippen LogP contribution is 2.26. The van der Waals surface area contributed by atoms with Gasteiger partial charge in [-0.2, -0.15) is 0 Å². The van der Waals surface area contributed by atoms with Crippen LogP contribution in [-0.2, 0) is 6.42 Å². The first kappa shape index (κ1) is 11.6. The second-order valence-corrected chi connectivity index (χ2v) is 5.02. The van der Waals surface area contributed by atoms with Gasteiger partial charge in [0.25, 0.3) is 0 Å². The van der Waals surface area contributed by atoms with Gasteiger partial charge in [0.05, 0.1) is 6.61 Å². The Bertz CT molecular complexity index is 347. The molecule has 0 spiro atoms. The lowest BCUT2D eigenvalue weighted by Crippen LogP contribution is -2.45. The lowest BCUT2D eigenvalue weighted by atomic mass is 9.86. The molecule has 0 bridgehead atoms. The quantitative estimate of drug-likeness (QED) is 0.814. The van der Waals surface area contributed by atoms with Crippen LogP contribution >= 0.6 is 0 Å². The maximum Gasteiger partial charge on any atom is 0.0616 e. The summed E-state index contributed by atoms with van der Waals surface area (Å²) in [6.07, 6.45) is 3.20. The highest BCUT2D eigenvalue weighted by molar-refractivity contribution is 5.35. The van der Waals surface area contributed by atoms with E-state index in [1.54, 1.807) is 0 Å². The maximum absolute atomic E-state index is 9.60. The minimum absolute atomic E-state index is 0.0725. The first-order valence-corrected chi connectivity index (χ1v) is 6.08. The third-order valence-electron chi connectivity index (χ3n) is 3.79. The number of aryl methyl sites for hydroxylation is 2. The van der Waals surface area contributed by atoms with Crippen molar-refractivity contribution in [2.75, 3.05) is 13.2 Å². The molecule has 1 saturated heterocycles. The van der Waals surface area contributed by atoms with Crippen molar-refractivity contribution in [2.45, 2.75) is 38.6 Å². The first-order chi connectivity index (χ1) is 7.67. The minimum atomic E-state index is -0.0725. The number of nitrogens with one attached hydrogen (secondary N) is 1. The largest absolute Gasteiger partial charge is 0.394 e. The highest BCUT2D eigenvalue weighted by atomic mass is 16.3. The van der Waals surface area contributed by atoms with Crippen LogP contribution in [0.25, 0.3) is 0 Å². The number of benzene rings is 1. The maximum atomic E-state index is 9.60. The van der Waals surface area contributed by atoms with Gasteiger partial charge in [0.15, 0.2) is 0 Å². The zero-order valence-electron chi connectivity index (χ0n) is 10.2. The Labute approximate surface area is 97.7 Å². The lowest BCUT2D eigenvalue weighted by molar-refractivity contribution is 0.177. The van der Waals surface area contributed by atoms with Crippen LogP contribution in [0.15, 0.2) is 18.2 Å². The third kappa shape index (κ3) is 2.13. The molecule has 1 atom stereocenters. The summed E-state index contributed by atoms with van der Waals surface area (Å²) in [4.78, 5) is 0. The fraction of sp³-hybridized carbons (Fsp3) is 0.571. The number of hydrogen-bond acceptors (Lipinski definition) is 2. The van der Waals surface area contributed by atoms with E-state index in [4.69, 9.17) is 0 Å².